The SMILES string of the molecule is CC(C(=O)OCNc1ccccc1)C1C(=O)N(NC(=O)c2ccccc2Cl)C(=S)N(c2ccccc2)C1=O. The Balaban J connectivity index is 1.59. The summed E-state index contributed by atoms with van der Waals surface area (Å²) in [5.41, 5.74) is 3.64. The molecule has 3 aromatic rings. The van der Waals surface area contributed by atoms with Gasteiger partial charge in [-0.05, 0) is 48.6 Å². The lowest BCUT2D eigenvalue weighted by Crippen LogP contribution is -2.66. The average molecular weight is 551 g/mol. The van der Waals surface area contributed by atoms with Crippen LogP contribution in [0.1, 0.15) is 17.3 Å². The molecule has 2 unspecified atom stereocenters. The lowest BCUT2D eigenvalue weighted by atomic mass is 9.90. The van der Waals surface area contributed by atoms with Crippen LogP contribution in [0.15, 0.2) is 84.9 Å². The van der Waals surface area contributed by atoms with Crippen molar-refractivity contribution in [2.75, 3.05) is 16.9 Å². The van der Waals surface area contributed by atoms with Crippen molar-refractivity contribution in [1.29, 1.82) is 0 Å². The molecule has 4 rings (SSSR count). The van der Waals surface area contributed by atoms with E-state index in [9.17, 15) is 19.2 Å². The normalized spacial score (nSPS) is 16.2. The molecule has 1 heterocycles. The second-order valence-electron chi connectivity index (χ2n) is 8.30. The third kappa shape index (κ3) is 5.66. The van der Waals surface area contributed by atoms with Crippen molar-refractivity contribution in [2.45, 2.75) is 6.92 Å². The number of ether oxygens (including phenoxy) is 1. The first-order valence-corrected chi connectivity index (χ1v) is 12.4. The molecule has 0 spiro atoms. The van der Waals surface area contributed by atoms with E-state index >= 15 is 0 Å². The van der Waals surface area contributed by atoms with Gasteiger partial charge in [-0.2, -0.15) is 5.01 Å². The van der Waals surface area contributed by atoms with E-state index in [0.717, 1.165) is 15.6 Å². The molecule has 0 aliphatic carbocycles. The number of benzene rings is 3. The minimum atomic E-state index is -1.52. The summed E-state index contributed by atoms with van der Waals surface area (Å²) in [5.74, 6) is -5.78. The molecule has 2 atom stereocenters. The van der Waals surface area contributed by atoms with Crippen molar-refractivity contribution >= 4 is 64.0 Å². The summed E-state index contributed by atoms with van der Waals surface area (Å²) in [7, 11) is 0. The molecule has 1 aliphatic rings. The number of halogens is 1. The van der Waals surface area contributed by atoms with Crippen LogP contribution in [-0.2, 0) is 19.1 Å². The topological polar surface area (TPSA) is 108 Å². The van der Waals surface area contributed by atoms with E-state index in [0.29, 0.717) is 5.69 Å². The molecule has 9 nitrogen and oxygen atoms in total. The van der Waals surface area contributed by atoms with Crippen LogP contribution >= 0.6 is 23.8 Å². The zero-order valence-corrected chi connectivity index (χ0v) is 21.7. The maximum Gasteiger partial charge on any atom is 0.311 e. The Kier molecular flexibility index (Phi) is 8.35. The molecule has 194 valence electrons. The van der Waals surface area contributed by atoms with E-state index in [1.165, 1.54) is 19.1 Å². The number of carbonyl (C=O) groups is 4. The van der Waals surface area contributed by atoms with E-state index in [-0.39, 0.29) is 22.4 Å². The Morgan fingerprint density at radius 2 is 1.55 bits per heavy atom. The van der Waals surface area contributed by atoms with Crippen LogP contribution in [0.3, 0.4) is 0 Å². The summed E-state index contributed by atoms with van der Waals surface area (Å²) >= 11 is 11.6. The lowest BCUT2D eigenvalue weighted by Gasteiger charge is -2.40. The lowest BCUT2D eigenvalue weighted by molar-refractivity contribution is -0.157. The van der Waals surface area contributed by atoms with Crippen LogP contribution in [0, 0.1) is 11.8 Å². The van der Waals surface area contributed by atoms with Crippen LogP contribution in [-0.4, -0.2) is 40.5 Å². The number of para-hydroxylation sites is 2. The second kappa shape index (κ2) is 11.8. The van der Waals surface area contributed by atoms with Crippen molar-refractivity contribution in [3.63, 3.8) is 0 Å². The van der Waals surface area contributed by atoms with Gasteiger partial charge in [0.1, 0.15) is 5.92 Å². The van der Waals surface area contributed by atoms with Gasteiger partial charge in [-0.1, -0.05) is 67.1 Å². The molecule has 2 N–H and O–H groups in total. The highest BCUT2D eigenvalue weighted by Gasteiger charge is 2.50. The Morgan fingerprint density at radius 1 is 0.947 bits per heavy atom. The summed E-state index contributed by atoms with van der Waals surface area (Å²) in [4.78, 5) is 54.1. The molecular weight excluding hydrogens is 528 g/mol. The number of amides is 3. The number of rotatable bonds is 8. The Labute approximate surface area is 229 Å². The number of anilines is 2. The van der Waals surface area contributed by atoms with Crippen LogP contribution in [0.5, 0.6) is 0 Å². The fourth-order valence-corrected chi connectivity index (χ4v) is 4.39. The molecule has 3 amide bonds. The number of esters is 1. The van der Waals surface area contributed by atoms with Crippen LogP contribution in [0.25, 0.3) is 0 Å². The standard InChI is InChI=1S/C27H23ClN4O5S/c1-17(26(36)37-16-29-18-10-4-2-5-11-18)22-24(34)31(19-12-6-3-7-13-19)27(38)32(25(22)35)30-23(33)20-14-8-9-15-21(20)28/h2-15,17,22,29H,16H2,1H3,(H,30,33). The van der Waals surface area contributed by atoms with Gasteiger partial charge in [0.25, 0.3) is 11.8 Å². The van der Waals surface area contributed by atoms with E-state index in [2.05, 4.69) is 10.7 Å². The predicted octanol–water partition coefficient (Wildman–Crippen LogP) is 4.01. The van der Waals surface area contributed by atoms with Crippen LogP contribution in [0.2, 0.25) is 5.02 Å². The molecule has 0 radical (unpaired) electrons. The molecule has 1 aliphatic heterocycles. The minimum Gasteiger partial charge on any atom is -0.444 e. The summed E-state index contributed by atoms with van der Waals surface area (Å²) in [5, 5.41) is 3.62. The van der Waals surface area contributed by atoms with Gasteiger partial charge in [-0.15, -0.1) is 0 Å². The quantitative estimate of drug-likeness (QED) is 0.189. The molecule has 0 aromatic heterocycles. The van der Waals surface area contributed by atoms with Gasteiger partial charge in [0.2, 0.25) is 11.0 Å². The Hall–Kier alpha value is -4.28. The number of nitrogens with zero attached hydrogens (tertiary/aromatic N) is 2. The van der Waals surface area contributed by atoms with Gasteiger partial charge in [-0.25, -0.2) is 0 Å². The van der Waals surface area contributed by atoms with E-state index in [4.69, 9.17) is 28.6 Å². The van der Waals surface area contributed by atoms with Crippen LogP contribution < -0.4 is 15.6 Å². The van der Waals surface area contributed by atoms with E-state index < -0.39 is 35.5 Å². The average Bonchev–Trinajstić information content (AvgIpc) is 2.92. The predicted molar refractivity (Wildman–Crippen MR) is 146 cm³/mol. The van der Waals surface area contributed by atoms with Crippen molar-refractivity contribution in [3.8, 4) is 0 Å². The van der Waals surface area contributed by atoms with Crippen molar-refractivity contribution in [1.82, 2.24) is 10.4 Å². The maximum atomic E-state index is 13.6. The smallest absolute Gasteiger partial charge is 0.311 e. The number of thiocarbonyl (C=S) groups is 1. The fraction of sp³-hybridized carbons (Fsp3) is 0.148. The first-order valence-electron chi connectivity index (χ1n) is 11.6. The molecule has 1 saturated heterocycles. The minimum absolute atomic E-state index is 0.101. The monoisotopic (exact) mass is 550 g/mol. The van der Waals surface area contributed by atoms with Crippen molar-refractivity contribution in [2.24, 2.45) is 11.8 Å². The first kappa shape index (κ1) is 26.8. The number of nitrogens with one attached hydrogen (secondary N) is 2. The van der Waals surface area contributed by atoms with Gasteiger partial charge in [0.15, 0.2) is 6.73 Å². The molecular formula is C27H23ClN4O5S. The van der Waals surface area contributed by atoms with Crippen molar-refractivity contribution < 1.29 is 23.9 Å². The van der Waals surface area contributed by atoms with E-state index in [1.807, 2.05) is 18.2 Å². The summed E-state index contributed by atoms with van der Waals surface area (Å²) in [6.07, 6.45) is 0. The van der Waals surface area contributed by atoms with Crippen molar-refractivity contribution in [3.05, 3.63) is 95.5 Å². The van der Waals surface area contributed by atoms with E-state index in [1.54, 1.807) is 54.6 Å². The highest BCUT2D eigenvalue weighted by Crippen LogP contribution is 2.29. The first-order chi connectivity index (χ1) is 18.3. The molecule has 0 bridgehead atoms. The zero-order chi connectivity index (χ0) is 27.2. The van der Waals surface area contributed by atoms with Gasteiger partial charge in [-0.3, -0.25) is 29.5 Å². The molecule has 0 saturated carbocycles. The highest BCUT2D eigenvalue weighted by atomic mass is 35.5. The number of hydrazine groups is 1. The number of hydrogen-bond acceptors (Lipinski definition) is 7. The van der Waals surface area contributed by atoms with Gasteiger partial charge in [0.05, 0.1) is 22.2 Å². The Morgan fingerprint density at radius 3 is 2.21 bits per heavy atom. The van der Waals surface area contributed by atoms with Gasteiger partial charge >= 0.3 is 5.97 Å². The van der Waals surface area contributed by atoms with Gasteiger partial charge in [0, 0.05) is 5.69 Å². The van der Waals surface area contributed by atoms with Crippen LogP contribution in [0.4, 0.5) is 11.4 Å². The molecule has 1 fully saturated rings. The molecule has 38 heavy (non-hydrogen) atoms. The maximum absolute atomic E-state index is 13.6. The third-order valence-corrected chi connectivity index (χ3v) is 6.53. The third-order valence-electron chi connectivity index (χ3n) is 5.84. The fourth-order valence-electron chi connectivity index (χ4n) is 3.84. The van der Waals surface area contributed by atoms with Gasteiger partial charge < -0.3 is 10.1 Å². The summed E-state index contributed by atoms with van der Waals surface area (Å²) in [6, 6.07) is 23.7. The largest absolute Gasteiger partial charge is 0.444 e. The summed E-state index contributed by atoms with van der Waals surface area (Å²) < 4.78 is 5.30. The second-order valence-corrected chi connectivity index (χ2v) is 9.08. The number of carbonyl (C=O) groups excluding carboxylic acids is 4. The summed E-state index contributed by atoms with van der Waals surface area (Å²) in [6.45, 7) is 1.24. The Bertz CT molecular complexity index is 1370. The zero-order valence-electron chi connectivity index (χ0n) is 20.2. The molecule has 3 aromatic carbocycles. The molecule has 11 heteroatoms. The highest BCUT2D eigenvalue weighted by molar-refractivity contribution is 7.80. The number of hydrogen-bond donors (Lipinski definition) is 2.